The largest absolute Gasteiger partial charge is 0.493 e. The zero-order chi connectivity index (χ0) is 23.5. The van der Waals surface area contributed by atoms with Crippen LogP contribution in [0.4, 0.5) is 0 Å². The molecule has 6 nitrogen and oxygen atoms in total. The van der Waals surface area contributed by atoms with Crippen LogP contribution < -0.4 is 14.2 Å². The molecule has 4 aromatic carbocycles. The lowest BCUT2D eigenvalue weighted by Gasteiger charge is -2.14. The Labute approximate surface area is 196 Å². The van der Waals surface area contributed by atoms with Gasteiger partial charge in [0.25, 0.3) is 0 Å². The van der Waals surface area contributed by atoms with Crippen LogP contribution in [0.2, 0.25) is 0 Å². The predicted octanol–water partition coefficient (Wildman–Crippen LogP) is 6.47. The number of nitrogens with zero attached hydrogens (tertiary/aromatic N) is 1. The molecule has 0 aliphatic rings. The molecule has 0 aliphatic carbocycles. The molecular weight excluding hydrogens is 430 g/mol. The summed E-state index contributed by atoms with van der Waals surface area (Å²) < 4.78 is 17.8. The van der Waals surface area contributed by atoms with Gasteiger partial charge in [-0.3, -0.25) is 4.98 Å². The van der Waals surface area contributed by atoms with E-state index < -0.39 is 5.97 Å². The molecule has 1 N–H and O–H groups in total. The maximum absolute atomic E-state index is 11.5. The molecule has 0 saturated carbocycles. The van der Waals surface area contributed by atoms with Crippen molar-refractivity contribution in [1.29, 1.82) is 0 Å². The normalized spacial score (nSPS) is 10.9. The monoisotopic (exact) mass is 451 g/mol. The van der Waals surface area contributed by atoms with E-state index in [9.17, 15) is 9.90 Å². The molecular formula is C28H21NO5. The summed E-state index contributed by atoms with van der Waals surface area (Å²) in [5.74, 6) is 1.40. The summed E-state index contributed by atoms with van der Waals surface area (Å²) in [6, 6.07) is 25.9. The summed E-state index contributed by atoms with van der Waals surface area (Å²) in [6.07, 6.45) is 1.68. The molecule has 0 fully saturated rings. The van der Waals surface area contributed by atoms with Gasteiger partial charge in [0.1, 0.15) is 18.1 Å². The molecule has 0 spiro atoms. The summed E-state index contributed by atoms with van der Waals surface area (Å²) in [5, 5.41) is 11.6. The first-order valence-corrected chi connectivity index (χ1v) is 10.7. The van der Waals surface area contributed by atoms with Gasteiger partial charge in [-0.1, -0.05) is 42.5 Å². The third-order valence-corrected chi connectivity index (χ3v) is 5.53. The van der Waals surface area contributed by atoms with Crippen LogP contribution in [-0.4, -0.2) is 23.2 Å². The highest BCUT2D eigenvalue weighted by atomic mass is 16.5. The van der Waals surface area contributed by atoms with Crippen molar-refractivity contribution < 1.29 is 24.1 Å². The number of hydrogen-bond acceptors (Lipinski definition) is 5. The summed E-state index contributed by atoms with van der Waals surface area (Å²) in [6.45, 7) is 0.411. The Balaban J connectivity index is 1.47. The molecule has 1 heterocycles. The van der Waals surface area contributed by atoms with E-state index in [1.165, 1.54) is 0 Å². The van der Waals surface area contributed by atoms with E-state index in [0.717, 1.165) is 16.3 Å². The molecule has 168 valence electrons. The van der Waals surface area contributed by atoms with E-state index in [1.807, 2.05) is 54.6 Å². The fourth-order valence-corrected chi connectivity index (χ4v) is 3.86. The summed E-state index contributed by atoms with van der Waals surface area (Å²) in [7, 11) is 1.59. The lowest BCUT2D eigenvalue weighted by Crippen LogP contribution is -1.98. The Morgan fingerprint density at radius 2 is 1.71 bits per heavy atom. The Kier molecular flexibility index (Phi) is 5.70. The van der Waals surface area contributed by atoms with Crippen LogP contribution in [0.5, 0.6) is 23.0 Å². The summed E-state index contributed by atoms with van der Waals surface area (Å²) >= 11 is 0. The number of methoxy groups -OCH3 is 1. The van der Waals surface area contributed by atoms with E-state index in [1.54, 1.807) is 43.6 Å². The number of benzene rings is 4. The van der Waals surface area contributed by atoms with Crippen LogP contribution in [0.15, 0.2) is 91.1 Å². The smallest absolute Gasteiger partial charge is 0.336 e. The van der Waals surface area contributed by atoms with Crippen molar-refractivity contribution >= 4 is 27.6 Å². The highest BCUT2D eigenvalue weighted by Gasteiger charge is 2.13. The Bertz CT molecular complexity index is 1500. The van der Waals surface area contributed by atoms with Crippen molar-refractivity contribution in [1.82, 2.24) is 4.98 Å². The number of rotatable bonds is 7. The third-order valence-electron chi connectivity index (χ3n) is 5.53. The highest BCUT2D eigenvalue weighted by Crippen LogP contribution is 2.38. The molecule has 6 heteroatoms. The molecule has 0 atom stereocenters. The Morgan fingerprint density at radius 3 is 2.50 bits per heavy atom. The standard InChI is InChI=1S/C28H21NO5/c1-32-26-15-23-24(16-27(26)33-17-18-6-3-2-4-7-18)29-13-12-25(23)34-20-10-11-21-19(14-20)8-5-9-22(21)28(30)31/h2-16H,17H2,1H3,(H,30,31). The topological polar surface area (TPSA) is 77.9 Å². The first-order chi connectivity index (χ1) is 16.6. The van der Waals surface area contributed by atoms with Gasteiger partial charge in [0.05, 0.1) is 18.2 Å². The molecule has 0 amide bonds. The molecule has 0 radical (unpaired) electrons. The lowest BCUT2D eigenvalue weighted by atomic mass is 10.0. The summed E-state index contributed by atoms with van der Waals surface area (Å²) in [5.41, 5.74) is 2.01. The van der Waals surface area contributed by atoms with Crippen molar-refractivity contribution in [3.63, 3.8) is 0 Å². The predicted molar refractivity (Wildman–Crippen MR) is 130 cm³/mol. The van der Waals surface area contributed by atoms with Gasteiger partial charge in [0.15, 0.2) is 11.5 Å². The Morgan fingerprint density at radius 1 is 0.853 bits per heavy atom. The molecule has 1 aromatic heterocycles. The number of pyridine rings is 1. The maximum atomic E-state index is 11.5. The first kappa shape index (κ1) is 21.3. The number of carboxylic acid groups (broad SMARTS) is 1. The molecule has 0 saturated heterocycles. The van der Waals surface area contributed by atoms with E-state index in [0.29, 0.717) is 40.5 Å². The van der Waals surface area contributed by atoms with Gasteiger partial charge in [-0.2, -0.15) is 0 Å². The highest BCUT2D eigenvalue weighted by molar-refractivity contribution is 6.04. The van der Waals surface area contributed by atoms with Crippen LogP contribution in [0, 0.1) is 0 Å². The fourth-order valence-electron chi connectivity index (χ4n) is 3.86. The van der Waals surface area contributed by atoms with Gasteiger partial charge in [-0.05, 0) is 52.7 Å². The number of hydrogen-bond donors (Lipinski definition) is 1. The van der Waals surface area contributed by atoms with Gasteiger partial charge in [-0.25, -0.2) is 4.79 Å². The van der Waals surface area contributed by atoms with E-state index in [-0.39, 0.29) is 5.56 Å². The number of carbonyl (C=O) groups is 1. The second-order valence-electron chi connectivity index (χ2n) is 7.70. The van der Waals surface area contributed by atoms with Gasteiger partial charge >= 0.3 is 5.97 Å². The summed E-state index contributed by atoms with van der Waals surface area (Å²) in [4.78, 5) is 16.0. The SMILES string of the molecule is COc1cc2c(Oc3ccc4c(C(=O)O)cccc4c3)ccnc2cc1OCc1ccccc1. The average molecular weight is 451 g/mol. The van der Waals surface area contributed by atoms with Crippen molar-refractivity contribution in [3.05, 3.63) is 102 Å². The van der Waals surface area contributed by atoms with Gasteiger partial charge < -0.3 is 19.3 Å². The quantitative estimate of drug-likeness (QED) is 0.306. The lowest BCUT2D eigenvalue weighted by molar-refractivity contribution is 0.0699. The molecule has 0 bridgehead atoms. The zero-order valence-electron chi connectivity index (χ0n) is 18.4. The van der Waals surface area contributed by atoms with Crippen LogP contribution in [0.3, 0.4) is 0 Å². The molecule has 34 heavy (non-hydrogen) atoms. The third kappa shape index (κ3) is 4.21. The molecule has 5 aromatic rings. The van der Waals surface area contributed by atoms with Crippen molar-refractivity contribution in [2.24, 2.45) is 0 Å². The second-order valence-corrected chi connectivity index (χ2v) is 7.70. The van der Waals surface area contributed by atoms with Gasteiger partial charge in [0, 0.05) is 17.6 Å². The van der Waals surface area contributed by atoms with Gasteiger partial charge in [-0.15, -0.1) is 0 Å². The van der Waals surface area contributed by atoms with E-state index in [2.05, 4.69) is 4.98 Å². The molecule has 0 aliphatic heterocycles. The number of aromatic nitrogens is 1. The minimum absolute atomic E-state index is 0.256. The second kappa shape index (κ2) is 9.11. The zero-order valence-corrected chi connectivity index (χ0v) is 18.4. The van der Waals surface area contributed by atoms with Crippen LogP contribution in [0.1, 0.15) is 15.9 Å². The van der Waals surface area contributed by atoms with Crippen LogP contribution in [0.25, 0.3) is 21.7 Å². The minimum atomic E-state index is -0.961. The minimum Gasteiger partial charge on any atom is -0.493 e. The van der Waals surface area contributed by atoms with Crippen LogP contribution in [-0.2, 0) is 6.61 Å². The van der Waals surface area contributed by atoms with Crippen LogP contribution >= 0.6 is 0 Å². The van der Waals surface area contributed by atoms with Crippen molar-refractivity contribution in [2.45, 2.75) is 6.61 Å². The Hall–Kier alpha value is -4.58. The number of carboxylic acids is 1. The molecule has 5 rings (SSSR count). The number of fused-ring (bicyclic) bond motifs is 2. The maximum Gasteiger partial charge on any atom is 0.336 e. The van der Waals surface area contributed by atoms with Crippen molar-refractivity contribution in [2.75, 3.05) is 7.11 Å². The fraction of sp³-hybridized carbons (Fsp3) is 0.0714. The van der Waals surface area contributed by atoms with Gasteiger partial charge in [0.2, 0.25) is 0 Å². The number of ether oxygens (including phenoxy) is 3. The average Bonchev–Trinajstić information content (AvgIpc) is 2.87. The first-order valence-electron chi connectivity index (χ1n) is 10.7. The van der Waals surface area contributed by atoms with E-state index in [4.69, 9.17) is 14.2 Å². The number of aromatic carboxylic acids is 1. The molecule has 0 unspecified atom stereocenters. The van der Waals surface area contributed by atoms with E-state index >= 15 is 0 Å². The van der Waals surface area contributed by atoms with Crippen molar-refractivity contribution in [3.8, 4) is 23.0 Å².